The second-order valence-corrected chi connectivity index (χ2v) is 9.85. The van der Waals surface area contributed by atoms with Gasteiger partial charge in [-0.15, -0.1) is 0 Å². The molecule has 2 saturated heterocycles. The van der Waals surface area contributed by atoms with Crippen LogP contribution in [0.15, 0.2) is 48.5 Å². The van der Waals surface area contributed by atoms with Crippen LogP contribution in [0.4, 0.5) is 10.1 Å². The van der Waals surface area contributed by atoms with E-state index in [0.29, 0.717) is 36.9 Å². The molecule has 2 aliphatic heterocycles. The second-order valence-electron chi connectivity index (χ2n) is 7.26. The fourth-order valence-corrected chi connectivity index (χ4v) is 6.18. The Balaban J connectivity index is 1.52. The molecule has 4 rings (SSSR count). The van der Waals surface area contributed by atoms with Crippen LogP contribution in [0.25, 0.3) is 0 Å². The Bertz CT molecular complexity index is 982. The number of anilines is 1. The first-order valence-corrected chi connectivity index (χ1v) is 11.4. The molecule has 0 spiro atoms. The van der Waals surface area contributed by atoms with E-state index in [0.717, 1.165) is 5.56 Å². The molecule has 2 aromatic rings. The van der Waals surface area contributed by atoms with E-state index in [9.17, 15) is 12.8 Å². The highest BCUT2D eigenvalue weighted by atomic mass is 35.5. The Kier molecular flexibility index (Phi) is 5.81. The molecule has 2 atom stereocenters. The lowest BCUT2D eigenvalue weighted by molar-refractivity contribution is -0.110. The quantitative estimate of drug-likeness (QED) is 0.733. The van der Waals surface area contributed by atoms with Crippen LogP contribution in [0, 0.1) is 5.82 Å². The van der Waals surface area contributed by atoms with Gasteiger partial charge in [-0.05, 0) is 29.8 Å². The number of hydrogen-bond acceptors (Lipinski definition) is 5. The lowest BCUT2D eigenvalue weighted by Gasteiger charge is -2.37. The van der Waals surface area contributed by atoms with Crippen LogP contribution in [0.3, 0.4) is 0 Å². The smallest absolute Gasteiger partial charge is 0.221 e. The van der Waals surface area contributed by atoms with Crippen molar-refractivity contribution < 1.29 is 17.6 Å². The van der Waals surface area contributed by atoms with Gasteiger partial charge in [0.2, 0.25) is 10.0 Å². The third kappa shape index (κ3) is 4.00. The molecule has 0 aliphatic carbocycles. The van der Waals surface area contributed by atoms with Crippen molar-refractivity contribution in [3.63, 3.8) is 0 Å². The van der Waals surface area contributed by atoms with Crippen molar-refractivity contribution in [2.75, 3.05) is 44.7 Å². The van der Waals surface area contributed by atoms with Gasteiger partial charge in [0, 0.05) is 38.2 Å². The molecule has 2 unspecified atom stereocenters. The number of para-hydroxylation sites is 1. The number of halogens is 2. The van der Waals surface area contributed by atoms with Crippen molar-refractivity contribution in [2.24, 2.45) is 0 Å². The van der Waals surface area contributed by atoms with E-state index in [1.54, 1.807) is 48.5 Å². The molecule has 2 fully saturated rings. The molecule has 0 saturated carbocycles. The minimum Gasteiger partial charge on any atom is -0.367 e. The number of rotatable bonds is 4. The highest BCUT2D eigenvalue weighted by Gasteiger charge is 2.46. The summed E-state index contributed by atoms with van der Waals surface area (Å²) < 4.78 is 42.4. The average Bonchev–Trinajstić information content (AvgIpc) is 3.11. The minimum absolute atomic E-state index is 0.0868. The van der Waals surface area contributed by atoms with Crippen molar-refractivity contribution in [3.8, 4) is 0 Å². The summed E-state index contributed by atoms with van der Waals surface area (Å²) in [6, 6.07) is 13.3. The Morgan fingerprint density at radius 3 is 2.48 bits per heavy atom. The van der Waals surface area contributed by atoms with Gasteiger partial charge in [0.15, 0.2) is 0 Å². The predicted molar refractivity (Wildman–Crippen MR) is 111 cm³/mol. The van der Waals surface area contributed by atoms with Gasteiger partial charge in [-0.1, -0.05) is 35.9 Å². The van der Waals surface area contributed by atoms with Crippen LogP contribution < -0.4 is 4.90 Å². The second kappa shape index (κ2) is 8.20. The zero-order valence-corrected chi connectivity index (χ0v) is 17.6. The van der Waals surface area contributed by atoms with Crippen LogP contribution in [-0.2, 0) is 14.9 Å². The number of benzene rings is 2. The number of piperazine rings is 1. The standard InChI is InChI=1S/C20H23ClFN3O3S/c1-23-20(15-5-4-6-16(21)13-15)19(14-28-23)29(26,27)25-11-9-24(10-12-25)18-8-3-2-7-17(18)22/h2-8,13,19-20H,9-12,14H2,1H3. The summed E-state index contributed by atoms with van der Waals surface area (Å²) in [4.78, 5) is 7.46. The fraction of sp³-hybridized carbons (Fsp3) is 0.400. The predicted octanol–water partition coefficient (Wildman–Crippen LogP) is 2.92. The van der Waals surface area contributed by atoms with Crippen molar-refractivity contribution >= 4 is 27.3 Å². The largest absolute Gasteiger partial charge is 0.367 e. The Labute approximate surface area is 175 Å². The van der Waals surface area contributed by atoms with Gasteiger partial charge in [-0.2, -0.15) is 9.37 Å². The van der Waals surface area contributed by atoms with Crippen molar-refractivity contribution in [1.82, 2.24) is 9.37 Å². The molecular weight excluding hydrogens is 417 g/mol. The number of hydroxylamine groups is 2. The van der Waals surface area contributed by atoms with E-state index < -0.39 is 21.3 Å². The van der Waals surface area contributed by atoms with Gasteiger partial charge >= 0.3 is 0 Å². The molecular formula is C20H23ClFN3O3S. The van der Waals surface area contributed by atoms with E-state index in [4.69, 9.17) is 16.4 Å². The third-order valence-electron chi connectivity index (χ3n) is 5.55. The van der Waals surface area contributed by atoms with E-state index in [1.807, 2.05) is 11.0 Å². The summed E-state index contributed by atoms with van der Waals surface area (Å²) >= 11 is 6.11. The molecule has 9 heteroatoms. The van der Waals surface area contributed by atoms with Crippen LogP contribution in [0.1, 0.15) is 11.6 Å². The zero-order chi connectivity index (χ0) is 20.6. The molecule has 2 heterocycles. The van der Waals surface area contributed by atoms with Crippen LogP contribution in [0.2, 0.25) is 5.02 Å². The molecule has 0 N–H and O–H groups in total. The highest BCUT2D eigenvalue weighted by Crippen LogP contribution is 2.36. The van der Waals surface area contributed by atoms with E-state index in [2.05, 4.69) is 0 Å². The average molecular weight is 440 g/mol. The Hall–Kier alpha value is -1.71. The summed E-state index contributed by atoms with van der Waals surface area (Å²) in [5.74, 6) is -0.296. The number of hydrogen-bond donors (Lipinski definition) is 0. The van der Waals surface area contributed by atoms with Crippen LogP contribution in [-0.4, -0.2) is 62.9 Å². The minimum atomic E-state index is -3.62. The van der Waals surface area contributed by atoms with Crippen molar-refractivity contribution in [3.05, 3.63) is 64.9 Å². The molecule has 0 radical (unpaired) electrons. The molecule has 29 heavy (non-hydrogen) atoms. The van der Waals surface area contributed by atoms with Gasteiger partial charge in [-0.3, -0.25) is 4.84 Å². The zero-order valence-electron chi connectivity index (χ0n) is 16.0. The van der Waals surface area contributed by atoms with Gasteiger partial charge in [0.25, 0.3) is 0 Å². The van der Waals surface area contributed by atoms with Gasteiger partial charge in [0.05, 0.1) is 18.3 Å². The maximum absolute atomic E-state index is 14.1. The summed E-state index contributed by atoms with van der Waals surface area (Å²) in [6.07, 6.45) is 0. The number of nitrogens with zero attached hydrogens (tertiary/aromatic N) is 3. The molecule has 156 valence electrons. The maximum Gasteiger partial charge on any atom is 0.221 e. The lowest BCUT2D eigenvalue weighted by atomic mass is 10.0. The first-order valence-electron chi connectivity index (χ1n) is 9.47. The van der Waals surface area contributed by atoms with Gasteiger partial charge in [-0.25, -0.2) is 12.8 Å². The summed E-state index contributed by atoms with van der Waals surface area (Å²) in [7, 11) is -1.88. The third-order valence-corrected chi connectivity index (χ3v) is 8.03. The summed E-state index contributed by atoms with van der Waals surface area (Å²) in [5, 5.41) is 1.41. The maximum atomic E-state index is 14.1. The van der Waals surface area contributed by atoms with Crippen molar-refractivity contribution in [2.45, 2.75) is 11.3 Å². The van der Waals surface area contributed by atoms with Crippen molar-refractivity contribution in [1.29, 1.82) is 0 Å². The van der Waals surface area contributed by atoms with Gasteiger partial charge < -0.3 is 4.90 Å². The molecule has 0 aromatic heterocycles. The Morgan fingerprint density at radius 1 is 1.07 bits per heavy atom. The molecule has 2 aliphatic rings. The van der Waals surface area contributed by atoms with E-state index in [1.165, 1.54) is 10.4 Å². The Morgan fingerprint density at radius 2 is 1.79 bits per heavy atom. The first kappa shape index (κ1) is 20.6. The molecule has 0 amide bonds. The first-order chi connectivity index (χ1) is 13.9. The van der Waals surface area contributed by atoms with Crippen LogP contribution >= 0.6 is 11.6 Å². The molecule has 6 nitrogen and oxygen atoms in total. The van der Waals surface area contributed by atoms with E-state index in [-0.39, 0.29) is 12.4 Å². The molecule has 0 bridgehead atoms. The van der Waals surface area contributed by atoms with Crippen LogP contribution in [0.5, 0.6) is 0 Å². The molecule has 2 aromatic carbocycles. The highest BCUT2D eigenvalue weighted by molar-refractivity contribution is 7.89. The summed E-state index contributed by atoms with van der Waals surface area (Å²) in [5.41, 5.74) is 1.31. The van der Waals surface area contributed by atoms with E-state index >= 15 is 0 Å². The lowest BCUT2D eigenvalue weighted by Crippen LogP contribution is -2.52. The fourth-order valence-electron chi connectivity index (χ4n) is 4.04. The summed E-state index contributed by atoms with van der Waals surface area (Å²) in [6.45, 7) is 1.57. The number of sulfonamides is 1. The van der Waals surface area contributed by atoms with Gasteiger partial charge in [0.1, 0.15) is 11.1 Å². The SMILES string of the molecule is CN1OCC(S(=O)(=O)N2CCN(c3ccccc3F)CC2)C1c1cccc(Cl)c1. The monoisotopic (exact) mass is 439 g/mol. The normalized spacial score (nSPS) is 24.2. The topological polar surface area (TPSA) is 53.1 Å².